The van der Waals surface area contributed by atoms with E-state index < -0.39 is 5.69 Å². The number of aromatic nitrogens is 4. The van der Waals surface area contributed by atoms with E-state index in [0.29, 0.717) is 33.2 Å². The van der Waals surface area contributed by atoms with Gasteiger partial charge in [-0.05, 0) is 17.7 Å². The molecule has 23 heavy (non-hydrogen) atoms. The summed E-state index contributed by atoms with van der Waals surface area (Å²) in [7, 11) is 1.76. The smallest absolute Gasteiger partial charge is 0.325 e. The molecule has 0 amide bonds. The Hall–Kier alpha value is -2.05. The summed E-state index contributed by atoms with van der Waals surface area (Å²) in [6.45, 7) is 2.04. The number of nitrogens with zero attached hydrogens (tertiary/aromatic N) is 3. The second kappa shape index (κ2) is 5.86. The lowest BCUT2D eigenvalue weighted by Gasteiger charge is -2.06. The van der Waals surface area contributed by atoms with E-state index in [1.54, 1.807) is 29.8 Å². The van der Waals surface area contributed by atoms with Crippen molar-refractivity contribution in [2.45, 2.75) is 19.9 Å². The van der Waals surface area contributed by atoms with Gasteiger partial charge in [0, 0.05) is 13.5 Å². The predicted molar refractivity (Wildman–Crippen MR) is 90.5 cm³/mol. The number of halogens is 2. The summed E-state index contributed by atoms with van der Waals surface area (Å²) < 4.78 is 2.84. The fourth-order valence-electron chi connectivity index (χ4n) is 2.55. The zero-order chi connectivity index (χ0) is 16.7. The van der Waals surface area contributed by atoms with E-state index in [1.807, 2.05) is 6.92 Å². The minimum absolute atomic E-state index is 0.105. The number of hydrogen-bond acceptors (Lipinski definition) is 3. The maximum atomic E-state index is 12.7. The van der Waals surface area contributed by atoms with Crippen LogP contribution in [-0.4, -0.2) is 19.1 Å². The normalized spacial score (nSPS) is 11.3. The van der Waals surface area contributed by atoms with Gasteiger partial charge in [-0.15, -0.1) is 0 Å². The number of nitrogens with one attached hydrogen (secondary N) is 1. The molecule has 3 rings (SSSR count). The summed E-state index contributed by atoms with van der Waals surface area (Å²) in [5, 5.41) is 0.801. The van der Waals surface area contributed by atoms with E-state index in [9.17, 15) is 9.59 Å². The molecule has 3 aromatic rings. The van der Waals surface area contributed by atoms with Crippen LogP contribution >= 0.6 is 23.2 Å². The fourth-order valence-corrected chi connectivity index (χ4v) is 2.87. The number of aromatic amines is 1. The maximum Gasteiger partial charge on any atom is 0.330 e. The van der Waals surface area contributed by atoms with Crippen molar-refractivity contribution in [3.63, 3.8) is 0 Å². The van der Waals surface area contributed by atoms with Gasteiger partial charge >= 0.3 is 5.69 Å². The van der Waals surface area contributed by atoms with Crippen LogP contribution in [0.3, 0.4) is 0 Å². The first-order chi connectivity index (χ1) is 10.9. The summed E-state index contributed by atoms with van der Waals surface area (Å²) in [5.41, 5.74) is 0.509. The van der Waals surface area contributed by atoms with Crippen LogP contribution in [0.2, 0.25) is 10.0 Å². The first-order valence-corrected chi connectivity index (χ1v) is 7.80. The number of benzene rings is 1. The largest absolute Gasteiger partial charge is 0.330 e. The summed E-state index contributed by atoms with van der Waals surface area (Å²) >= 11 is 11.9. The molecule has 0 aliphatic rings. The average Bonchev–Trinajstić information content (AvgIpc) is 2.83. The van der Waals surface area contributed by atoms with Crippen molar-refractivity contribution >= 4 is 34.4 Å². The van der Waals surface area contributed by atoms with Crippen molar-refractivity contribution in [2.75, 3.05) is 0 Å². The Bertz CT molecular complexity index is 1020. The lowest BCUT2D eigenvalue weighted by atomic mass is 10.2. The molecule has 6 nitrogen and oxygen atoms in total. The van der Waals surface area contributed by atoms with Gasteiger partial charge < -0.3 is 4.57 Å². The van der Waals surface area contributed by atoms with Crippen molar-refractivity contribution in [3.05, 3.63) is 60.5 Å². The molecule has 0 aliphatic heterocycles. The number of hydrogen-bond donors (Lipinski definition) is 1. The third-order valence-electron chi connectivity index (χ3n) is 3.75. The molecule has 0 saturated carbocycles. The first kappa shape index (κ1) is 15.8. The van der Waals surface area contributed by atoms with Crippen molar-refractivity contribution in [1.82, 2.24) is 19.1 Å². The zero-order valence-corrected chi connectivity index (χ0v) is 14.1. The highest BCUT2D eigenvalue weighted by molar-refractivity contribution is 6.42. The van der Waals surface area contributed by atoms with E-state index >= 15 is 0 Å². The molecule has 0 atom stereocenters. The van der Waals surface area contributed by atoms with Gasteiger partial charge in [-0.3, -0.25) is 14.3 Å². The third kappa shape index (κ3) is 2.68. The van der Waals surface area contributed by atoms with Gasteiger partial charge in [-0.25, -0.2) is 9.78 Å². The van der Waals surface area contributed by atoms with Crippen LogP contribution in [0.4, 0.5) is 0 Å². The molecule has 1 N–H and O–H groups in total. The molecule has 0 spiro atoms. The molecule has 8 heteroatoms. The van der Waals surface area contributed by atoms with Crippen LogP contribution in [0.5, 0.6) is 0 Å². The van der Waals surface area contributed by atoms with E-state index in [-0.39, 0.29) is 12.1 Å². The Morgan fingerprint density at radius 2 is 1.96 bits per heavy atom. The number of H-pyrrole nitrogens is 1. The monoisotopic (exact) mass is 352 g/mol. The van der Waals surface area contributed by atoms with E-state index in [4.69, 9.17) is 23.2 Å². The maximum absolute atomic E-state index is 12.7. The predicted octanol–water partition coefficient (Wildman–Crippen LogP) is 2.34. The van der Waals surface area contributed by atoms with Crippen molar-refractivity contribution in [2.24, 2.45) is 7.05 Å². The van der Waals surface area contributed by atoms with Crippen LogP contribution in [0.15, 0.2) is 27.8 Å². The van der Waals surface area contributed by atoms with Crippen LogP contribution in [0, 0.1) is 0 Å². The highest BCUT2D eigenvalue weighted by Crippen LogP contribution is 2.22. The molecule has 0 unspecified atom stereocenters. The SMILES string of the molecule is CCc1nc2[nH]c(=O)n(Cc3ccc(Cl)c(Cl)c3)c(=O)c2n1C. The van der Waals surface area contributed by atoms with E-state index in [1.165, 1.54) is 0 Å². The van der Waals surface area contributed by atoms with Crippen molar-refractivity contribution in [1.29, 1.82) is 0 Å². The van der Waals surface area contributed by atoms with Gasteiger partial charge in [0.15, 0.2) is 11.2 Å². The molecule has 0 saturated heterocycles. The van der Waals surface area contributed by atoms with Crippen molar-refractivity contribution < 1.29 is 0 Å². The van der Waals surface area contributed by atoms with Crippen LogP contribution in [-0.2, 0) is 20.0 Å². The topological polar surface area (TPSA) is 72.7 Å². The molecule has 120 valence electrons. The minimum Gasteiger partial charge on any atom is -0.325 e. The molecule has 2 heterocycles. The zero-order valence-electron chi connectivity index (χ0n) is 12.6. The Kier molecular flexibility index (Phi) is 4.04. The molecule has 0 radical (unpaired) electrons. The second-order valence-corrected chi connectivity index (χ2v) is 6.02. The fraction of sp³-hybridized carbons (Fsp3) is 0.267. The molecule has 0 aliphatic carbocycles. The Labute approximate surface area is 141 Å². The molecular weight excluding hydrogens is 339 g/mol. The summed E-state index contributed by atoms with van der Waals surface area (Å²) in [4.78, 5) is 31.8. The standard InChI is InChI=1S/C15H14Cl2N4O2/c1-3-11-18-13-12(20(11)2)14(22)21(15(23)19-13)7-8-4-5-9(16)10(17)6-8/h4-6H,3,7H2,1-2H3,(H,19,23). The number of aryl methyl sites for hydroxylation is 2. The average molecular weight is 353 g/mol. The summed E-state index contributed by atoms with van der Waals surface area (Å²) in [5.74, 6) is 0.736. The van der Waals surface area contributed by atoms with Crippen molar-refractivity contribution in [3.8, 4) is 0 Å². The van der Waals surface area contributed by atoms with Gasteiger partial charge in [0.2, 0.25) is 0 Å². The highest BCUT2D eigenvalue weighted by Gasteiger charge is 2.15. The van der Waals surface area contributed by atoms with Crippen LogP contribution in [0.25, 0.3) is 11.2 Å². The van der Waals surface area contributed by atoms with Gasteiger partial charge in [-0.1, -0.05) is 36.2 Å². The lowest BCUT2D eigenvalue weighted by Crippen LogP contribution is -2.36. The minimum atomic E-state index is -0.505. The summed E-state index contributed by atoms with van der Waals surface area (Å²) in [6.07, 6.45) is 0.666. The third-order valence-corrected chi connectivity index (χ3v) is 4.49. The molecule has 0 fully saturated rings. The molecular formula is C15H14Cl2N4O2. The lowest BCUT2D eigenvalue weighted by molar-refractivity contribution is 0.705. The molecule has 1 aromatic carbocycles. The van der Waals surface area contributed by atoms with Gasteiger partial charge in [0.05, 0.1) is 16.6 Å². The van der Waals surface area contributed by atoms with E-state index in [2.05, 4.69) is 9.97 Å². The first-order valence-electron chi connectivity index (χ1n) is 7.04. The van der Waals surface area contributed by atoms with Gasteiger partial charge in [0.25, 0.3) is 5.56 Å². The van der Waals surface area contributed by atoms with Crippen LogP contribution in [0.1, 0.15) is 18.3 Å². The van der Waals surface area contributed by atoms with E-state index in [0.717, 1.165) is 10.4 Å². The Balaban J connectivity index is 2.17. The molecule has 2 aromatic heterocycles. The Morgan fingerprint density at radius 3 is 2.61 bits per heavy atom. The van der Waals surface area contributed by atoms with Gasteiger partial charge in [0.1, 0.15) is 5.82 Å². The van der Waals surface area contributed by atoms with Crippen LogP contribution < -0.4 is 11.2 Å². The number of fused-ring (bicyclic) bond motifs is 1. The number of rotatable bonds is 3. The quantitative estimate of drug-likeness (QED) is 0.786. The van der Waals surface area contributed by atoms with Gasteiger partial charge in [-0.2, -0.15) is 0 Å². The summed E-state index contributed by atoms with van der Waals surface area (Å²) in [6, 6.07) is 5.00. The Morgan fingerprint density at radius 1 is 1.22 bits per heavy atom. The highest BCUT2D eigenvalue weighted by atomic mass is 35.5. The second-order valence-electron chi connectivity index (χ2n) is 5.21. The molecule has 0 bridgehead atoms. The number of imidazole rings is 1.